The van der Waals surface area contributed by atoms with Gasteiger partial charge in [0.25, 0.3) is 0 Å². The van der Waals surface area contributed by atoms with E-state index in [9.17, 15) is 18.0 Å². The highest BCUT2D eigenvalue weighted by Gasteiger charge is 2.32. The second-order valence-corrected chi connectivity index (χ2v) is 15.7. The van der Waals surface area contributed by atoms with E-state index in [0.717, 1.165) is 49.1 Å². The molecule has 1 atom stereocenters. The number of rotatable bonds is 9. The zero-order valence-electron chi connectivity index (χ0n) is 27.2. The van der Waals surface area contributed by atoms with E-state index in [4.69, 9.17) is 11.6 Å². The molecule has 0 spiro atoms. The highest BCUT2D eigenvalue weighted by atomic mass is 35.5. The third-order valence-electron chi connectivity index (χ3n) is 10.1. The molecule has 256 valence electrons. The number of nitrogens with one attached hydrogen (secondary N) is 2. The highest BCUT2D eigenvalue weighted by Crippen LogP contribution is 2.34. The van der Waals surface area contributed by atoms with E-state index in [-0.39, 0.29) is 23.6 Å². The van der Waals surface area contributed by atoms with Crippen molar-refractivity contribution in [3.8, 4) is 0 Å². The topological polar surface area (TPSA) is 160 Å². The van der Waals surface area contributed by atoms with Crippen molar-refractivity contribution in [3.63, 3.8) is 0 Å². The normalized spacial score (nSPS) is 20.9. The number of hydrogen-bond acceptors (Lipinski definition) is 10. The lowest BCUT2D eigenvalue weighted by Crippen LogP contribution is -2.44. The monoisotopic (exact) mass is 696 g/mol. The van der Waals surface area contributed by atoms with Crippen molar-refractivity contribution in [1.29, 1.82) is 0 Å². The van der Waals surface area contributed by atoms with Gasteiger partial charge < -0.3 is 10.2 Å². The van der Waals surface area contributed by atoms with Crippen molar-refractivity contribution < 1.29 is 18.0 Å². The van der Waals surface area contributed by atoms with Gasteiger partial charge in [0.15, 0.2) is 10.8 Å². The molecule has 2 N–H and O–H groups in total. The van der Waals surface area contributed by atoms with Crippen LogP contribution in [0, 0.1) is 0 Å². The van der Waals surface area contributed by atoms with E-state index < -0.39 is 15.9 Å². The van der Waals surface area contributed by atoms with E-state index in [1.807, 2.05) is 11.7 Å². The van der Waals surface area contributed by atoms with Crippen LogP contribution >= 0.6 is 11.6 Å². The fraction of sp³-hybridized carbons (Fsp3) is 0.562. The van der Waals surface area contributed by atoms with Crippen LogP contribution < -0.4 is 10.6 Å². The Morgan fingerprint density at radius 3 is 2.50 bits per heavy atom. The number of aryl methyl sites for hydroxylation is 2. The van der Waals surface area contributed by atoms with E-state index in [2.05, 4.69) is 53.9 Å². The number of anilines is 1. The zero-order chi connectivity index (χ0) is 33.6. The quantitative estimate of drug-likeness (QED) is 0.249. The molecule has 0 saturated carbocycles. The molecule has 0 aliphatic carbocycles. The minimum absolute atomic E-state index is 0.0879. The van der Waals surface area contributed by atoms with E-state index >= 15 is 0 Å². The Morgan fingerprint density at radius 1 is 0.979 bits per heavy atom. The number of aromatic nitrogens is 6. The number of carbonyl (C=O) groups is 2. The van der Waals surface area contributed by atoms with Gasteiger partial charge in [0.05, 0.1) is 28.3 Å². The molecule has 4 aromatic rings. The zero-order valence-corrected chi connectivity index (χ0v) is 28.8. The molecule has 48 heavy (non-hydrogen) atoms. The predicted molar refractivity (Wildman–Crippen MR) is 182 cm³/mol. The number of halogens is 1. The molecule has 7 rings (SSSR count). The summed E-state index contributed by atoms with van der Waals surface area (Å²) < 4.78 is 31.4. The Bertz CT molecular complexity index is 1960. The third-order valence-corrected chi connectivity index (χ3v) is 12.4. The summed E-state index contributed by atoms with van der Waals surface area (Å²) in [4.78, 5) is 35.4. The van der Waals surface area contributed by atoms with Crippen LogP contribution in [0.2, 0.25) is 5.15 Å². The lowest BCUT2D eigenvalue weighted by molar-refractivity contribution is -0.134. The number of likely N-dealkylation sites (tertiary alicyclic amines) is 1. The van der Waals surface area contributed by atoms with Crippen molar-refractivity contribution in [2.45, 2.75) is 62.8 Å². The van der Waals surface area contributed by atoms with Gasteiger partial charge in [-0.2, -0.15) is 15.2 Å². The van der Waals surface area contributed by atoms with Gasteiger partial charge in [-0.25, -0.2) is 22.4 Å². The second-order valence-electron chi connectivity index (χ2n) is 13.2. The van der Waals surface area contributed by atoms with Crippen LogP contribution in [0.4, 0.5) is 5.95 Å². The van der Waals surface area contributed by atoms with Gasteiger partial charge in [-0.1, -0.05) is 23.7 Å². The summed E-state index contributed by atoms with van der Waals surface area (Å²) in [6.45, 7) is 3.55. The van der Waals surface area contributed by atoms with Crippen molar-refractivity contribution in [1.82, 2.24) is 44.1 Å². The number of imide groups is 1. The lowest BCUT2D eigenvalue weighted by Gasteiger charge is -2.33. The smallest absolute Gasteiger partial charge is 0.235 e. The second kappa shape index (κ2) is 13.3. The van der Waals surface area contributed by atoms with Crippen LogP contribution in [0.3, 0.4) is 0 Å². The summed E-state index contributed by atoms with van der Waals surface area (Å²) in [5.41, 5.74) is 3.63. The highest BCUT2D eigenvalue weighted by molar-refractivity contribution is 7.89. The summed E-state index contributed by atoms with van der Waals surface area (Å²) >= 11 is 6.12. The molecule has 3 aliphatic heterocycles. The van der Waals surface area contributed by atoms with Crippen LogP contribution in [-0.2, 0) is 33.7 Å². The average molecular weight is 697 g/mol. The van der Waals surface area contributed by atoms with Crippen molar-refractivity contribution in [2.75, 3.05) is 43.8 Å². The van der Waals surface area contributed by atoms with E-state index in [1.54, 1.807) is 22.2 Å². The maximum absolute atomic E-state index is 13.2. The fourth-order valence-electron chi connectivity index (χ4n) is 7.39. The van der Waals surface area contributed by atoms with Gasteiger partial charge in [0, 0.05) is 51.2 Å². The SMILES string of the molecule is Cn1nc(C2CCC(=O)NC2=O)c2ccc(C3CCN(CCCS(=O)(=O)N4CCC(Nc5ncc6c(Cl)nn(C)c6n5)CC4)CC3)cc21. The summed E-state index contributed by atoms with van der Waals surface area (Å²) in [5.74, 6) is 0.138. The number of amides is 2. The Labute approximate surface area is 284 Å². The standard InChI is InChI=1S/C32H41ClN10O4S/c1-40-26-18-21(4-5-23(26)28(38-40)24-6-7-27(44)36-31(24)45)20-8-13-42(14-9-20)12-3-17-48(46,47)43-15-10-22(11-16-43)35-32-34-19-25-29(33)39-41(2)30(25)37-32/h4-5,18-20,22,24H,3,6-17H2,1-2H3,(H,34,35,37)(H,36,44,45). The van der Waals surface area contributed by atoms with Gasteiger partial charge >= 0.3 is 0 Å². The molecule has 6 heterocycles. The first kappa shape index (κ1) is 32.9. The lowest BCUT2D eigenvalue weighted by atomic mass is 9.88. The number of piperidine rings is 3. The van der Waals surface area contributed by atoms with Gasteiger partial charge in [0.2, 0.25) is 27.8 Å². The largest absolute Gasteiger partial charge is 0.351 e. The van der Waals surface area contributed by atoms with Crippen LogP contribution in [-0.4, -0.2) is 103 Å². The van der Waals surface area contributed by atoms with Crippen molar-refractivity contribution in [2.24, 2.45) is 14.1 Å². The molecule has 1 unspecified atom stereocenters. The molecule has 1 aromatic carbocycles. The first-order chi connectivity index (χ1) is 23.1. The fourth-order valence-corrected chi connectivity index (χ4v) is 9.15. The molecule has 3 aliphatic rings. The minimum atomic E-state index is -3.33. The first-order valence-electron chi connectivity index (χ1n) is 16.7. The van der Waals surface area contributed by atoms with Crippen LogP contribution in [0.25, 0.3) is 21.9 Å². The molecule has 14 nitrogen and oxygen atoms in total. The minimum Gasteiger partial charge on any atom is -0.351 e. The van der Waals surface area contributed by atoms with Gasteiger partial charge in [0.1, 0.15) is 0 Å². The number of nitrogens with zero attached hydrogens (tertiary/aromatic N) is 8. The van der Waals surface area contributed by atoms with Crippen LogP contribution in [0.5, 0.6) is 0 Å². The van der Waals surface area contributed by atoms with Crippen LogP contribution in [0.15, 0.2) is 24.4 Å². The number of sulfonamides is 1. The molecular formula is C32H41ClN10O4S. The molecule has 16 heteroatoms. The Kier molecular flexibility index (Phi) is 9.13. The van der Waals surface area contributed by atoms with Crippen molar-refractivity contribution in [3.05, 3.63) is 40.8 Å². The summed E-state index contributed by atoms with van der Waals surface area (Å²) in [5, 5.41) is 16.7. The summed E-state index contributed by atoms with van der Waals surface area (Å²) in [7, 11) is 0.347. The first-order valence-corrected chi connectivity index (χ1v) is 18.7. The average Bonchev–Trinajstić information content (AvgIpc) is 3.55. The molecule has 2 amide bonds. The number of carbonyl (C=O) groups excluding carboxylic acids is 2. The third kappa shape index (κ3) is 6.65. The van der Waals surface area contributed by atoms with E-state index in [1.165, 1.54) is 5.56 Å². The molecule has 0 bridgehead atoms. The van der Waals surface area contributed by atoms with Gasteiger partial charge in [-0.15, -0.1) is 0 Å². The molecule has 3 saturated heterocycles. The predicted octanol–water partition coefficient (Wildman–Crippen LogP) is 2.90. The van der Waals surface area contributed by atoms with Gasteiger partial charge in [-0.05, 0) is 75.7 Å². The number of benzene rings is 1. The van der Waals surface area contributed by atoms with Gasteiger partial charge in [-0.3, -0.25) is 19.6 Å². The van der Waals surface area contributed by atoms with Crippen molar-refractivity contribution >= 4 is 61.3 Å². The maximum Gasteiger partial charge on any atom is 0.235 e. The number of fused-ring (bicyclic) bond motifs is 2. The molecule has 3 fully saturated rings. The Morgan fingerprint density at radius 2 is 1.75 bits per heavy atom. The summed E-state index contributed by atoms with van der Waals surface area (Å²) in [6, 6.07) is 6.49. The summed E-state index contributed by atoms with van der Waals surface area (Å²) in [6.07, 6.45) is 6.44. The van der Waals surface area contributed by atoms with E-state index in [0.29, 0.717) is 73.2 Å². The maximum atomic E-state index is 13.2. The Hall–Kier alpha value is -3.66. The Balaban J connectivity index is 0.865. The molecular weight excluding hydrogens is 656 g/mol. The number of hydrogen-bond donors (Lipinski definition) is 2. The molecule has 0 radical (unpaired) electrons. The van der Waals surface area contributed by atoms with Crippen LogP contribution in [0.1, 0.15) is 68.0 Å². The molecule has 3 aromatic heterocycles.